The molecule has 1 aliphatic rings. The van der Waals surface area contributed by atoms with Gasteiger partial charge in [0.05, 0.1) is 0 Å². The fourth-order valence-electron chi connectivity index (χ4n) is 2.96. The van der Waals surface area contributed by atoms with Gasteiger partial charge in [-0.05, 0) is 24.7 Å². The van der Waals surface area contributed by atoms with Gasteiger partial charge in [-0.1, -0.05) is 33.1 Å². The number of carboxylic acid groups (broad SMARTS) is 2. The molecule has 0 bridgehead atoms. The van der Waals surface area contributed by atoms with Crippen molar-refractivity contribution in [2.75, 3.05) is 0 Å². The van der Waals surface area contributed by atoms with Crippen LogP contribution < -0.4 is 48.4 Å². The number of carbonyl (C=O) groups is 2. The maximum atomic E-state index is 11.4. The predicted molar refractivity (Wildman–Crippen MR) is 61.3 cm³/mol. The third-order valence-electron chi connectivity index (χ3n) is 3.87. The second kappa shape index (κ2) is 8.66. The van der Waals surface area contributed by atoms with Gasteiger partial charge in [-0.25, -0.2) is 0 Å². The van der Waals surface area contributed by atoms with Crippen LogP contribution in [0.2, 0.25) is 0 Å². The Balaban J connectivity index is -0.000000320. The molecule has 2 N–H and O–H groups in total. The SMILES string of the molecule is CC(C)C(C(=O)O)(C(=O)O)C1CCCCC1.[H-].[H-].[Li+].[Na+]. The van der Waals surface area contributed by atoms with E-state index in [4.69, 9.17) is 0 Å². The largest absolute Gasteiger partial charge is 1.00 e. The standard InChI is InChI=1S/C12H20O4.Li.Na.2H/c1-8(2)12(10(13)14,11(15)16)9-6-4-3-5-7-9;;;;/h8-9H,3-7H2,1-2H3,(H,13,14)(H,15,16);;;;/q;2*+1;2*-1. The average Bonchev–Trinajstić information content (AvgIpc) is 2.18. The molecule has 96 valence electrons. The first-order valence-corrected chi connectivity index (χ1v) is 5.90. The minimum Gasteiger partial charge on any atom is -1.00 e. The van der Waals surface area contributed by atoms with Gasteiger partial charge >= 0.3 is 60.4 Å². The van der Waals surface area contributed by atoms with Crippen molar-refractivity contribution in [1.29, 1.82) is 0 Å². The van der Waals surface area contributed by atoms with E-state index in [1.165, 1.54) is 0 Å². The molecule has 1 rings (SSSR count). The van der Waals surface area contributed by atoms with Gasteiger partial charge in [0.25, 0.3) is 0 Å². The normalized spacial score (nSPS) is 16.6. The van der Waals surface area contributed by atoms with Crippen LogP contribution in [-0.4, -0.2) is 22.2 Å². The van der Waals surface area contributed by atoms with Crippen LogP contribution in [0.5, 0.6) is 0 Å². The van der Waals surface area contributed by atoms with Gasteiger partial charge in [0.1, 0.15) is 0 Å². The number of carboxylic acids is 2. The van der Waals surface area contributed by atoms with Gasteiger partial charge in [-0.2, -0.15) is 0 Å². The summed E-state index contributed by atoms with van der Waals surface area (Å²) in [4.78, 5) is 22.8. The zero-order valence-corrected chi connectivity index (χ0v) is 13.9. The maximum Gasteiger partial charge on any atom is 1.00 e. The molecule has 0 spiro atoms. The van der Waals surface area contributed by atoms with Crippen molar-refractivity contribution < 1.29 is 71.1 Å². The van der Waals surface area contributed by atoms with E-state index in [0.29, 0.717) is 0 Å². The zero-order valence-electron chi connectivity index (χ0n) is 13.9. The van der Waals surface area contributed by atoms with Gasteiger partial charge in [0, 0.05) is 0 Å². The quantitative estimate of drug-likeness (QED) is 0.408. The van der Waals surface area contributed by atoms with Crippen LogP contribution in [0.25, 0.3) is 0 Å². The topological polar surface area (TPSA) is 74.6 Å². The van der Waals surface area contributed by atoms with Crippen molar-refractivity contribution >= 4 is 11.9 Å². The van der Waals surface area contributed by atoms with E-state index in [9.17, 15) is 19.8 Å². The second-order valence-electron chi connectivity index (χ2n) is 4.97. The molecule has 1 aliphatic carbocycles. The Labute approximate surface area is 145 Å². The van der Waals surface area contributed by atoms with E-state index in [1.54, 1.807) is 13.8 Å². The van der Waals surface area contributed by atoms with Crippen LogP contribution in [0.15, 0.2) is 0 Å². The van der Waals surface area contributed by atoms with Crippen molar-refractivity contribution in [3.63, 3.8) is 0 Å². The fourth-order valence-corrected chi connectivity index (χ4v) is 2.96. The Bertz CT molecular complexity index is 283. The summed E-state index contributed by atoms with van der Waals surface area (Å²) < 4.78 is 0. The molecular formula is C12H22LiNaO4. The van der Waals surface area contributed by atoms with Crippen LogP contribution in [0, 0.1) is 17.3 Å². The Hall–Kier alpha value is 0.537. The maximum absolute atomic E-state index is 11.4. The molecule has 18 heavy (non-hydrogen) atoms. The average molecular weight is 260 g/mol. The van der Waals surface area contributed by atoms with E-state index in [1.807, 2.05) is 0 Å². The first-order chi connectivity index (χ1) is 7.44. The summed E-state index contributed by atoms with van der Waals surface area (Å²) >= 11 is 0. The van der Waals surface area contributed by atoms with E-state index in [2.05, 4.69) is 0 Å². The van der Waals surface area contributed by atoms with Crippen molar-refractivity contribution in [3.05, 3.63) is 0 Å². The number of hydrogen-bond donors (Lipinski definition) is 2. The molecule has 0 aliphatic heterocycles. The van der Waals surface area contributed by atoms with Gasteiger partial charge in [-0.15, -0.1) is 0 Å². The minimum atomic E-state index is -1.60. The molecule has 4 nitrogen and oxygen atoms in total. The molecule has 0 aromatic heterocycles. The monoisotopic (exact) mass is 260 g/mol. The third kappa shape index (κ3) is 3.77. The minimum absolute atomic E-state index is 0. The van der Waals surface area contributed by atoms with Crippen LogP contribution in [0.1, 0.15) is 48.8 Å². The summed E-state index contributed by atoms with van der Waals surface area (Å²) in [5.41, 5.74) is -1.60. The van der Waals surface area contributed by atoms with Crippen molar-refractivity contribution in [2.24, 2.45) is 17.3 Å². The molecule has 1 fully saturated rings. The molecule has 0 aromatic rings. The molecule has 0 aromatic carbocycles. The van der Waals surface area contributed by atoms with Gasteiger partial charge in [0.15, 0.2) is 5.41 Å². The van der Waals surface area contributed by atoms with E-state index in [0.717, 1.165) is 32.1 Å². The van der Waals surface area contributed by atoms with Crippen LogP contribution in [0.4, 0.5) is 0 Å². The fraction of sp³-hybridized carbons (Fsp3) is 0.833. The predicted octanol–water partition coefficient (Wildman–Crippen LogP) is -3.39. The summed E-state index contributed by atoms with van der Waals surface area (Å²) in [6.07, 6.45) is 4.41. The third-order valence-corrected chi connectivity index (χ3v) is 3.87. The first kappa shape index (κ1) is 20.8. The molecule has 1 saturated carbocycles. The van der Waals surface area contributed by atoms with E-state index >= 15 is 0 Å². The number of rotatable bonds is 4. The van der Waals surface area contributed by atoms with E-state index in [-0.39, 0.29) is 63.1 Å². The summed E-state index contributed by atoms with van der Waals surface area (Å²) in [6.45, 7) is 3.38. The summed E-state index contributed by atoms with van der Waals surface area (Å²) in [5, 5.41) is 18.7. The zero-order chi connectivity index (χ0) is 12.3. The molecule has 0 unspecified atom stereocenters. The van der Waals surface area contributed by atoms with Crippen LogP contribution in [0.3, 0.4) is 0 Å². The molecule has 0 amide bonds. The van der Waals surface area contributed by atoms with E-state index < -0.39 is 17.4 Å². The Morgan fingerprint density at radius 1 is 1.11 bits per heavy atom. The Morgan fingerprint density at radius 3 is 1.78 bits per heavy atom. The molecule has 0 atom stereocenters. The van der Waals surface area contributed by atoms with Crippen molar-refractivity contribution in [1.82, 2.24) is 0 Å². The summed E-state index contributed by atoms with van der Waals surface area (Å²) in [5.74, 6) is -2.97. The first-order valence-electron chi connectivity index (χ1n) is 5.90. The molecule has 0 heterocycles. The van der Waals surface area contributed by atoms with Crippen molar-refractivity contribution in [2.45, 2.75) is 46.0 Å². The van der Waals surface area contributed by atoms with Crippen LogP contribution >= 0.6 is 0 Å². The molecular weight excluding hydrogens is 238 g/mol. The van der Waals surface area contributed by atoms with Gasteiger partial charge in [0.2, 0.25) is 0 Å². The van der Waals surface area contributed by atoms with Crippen molar-refractivity contribution in [3.8, 4) is 0 Å². The summed E-state index contributed by atoms with van der Waals surface area (Å²) in [6, 6.07) is 0. The molecule has 6 heteroatoms. The molecule has 0 saturated heterocycles. The molecule has 0 radical (unpaired) electrons. The second-order valence-corrected chi connectivity index (χ2v) is 4.97. The smallest absolute Gasteiger partial charge is 1.00 e. The Morgan fingerprint density at radius 2 is 1.50 bits per heavy atom. The van der Waals surface area contributed by atoms with Crippen LogP contribution in [-0.2, 0) is 9.59 Å². The van der Waals surface area contributed by atoms with Gasteiger partial charge in [-0.3, -0.25) is 9.59 Å². The number of aliphatic carboxylic acids is 2. The Kier molecular flexibility index (Phi) is 10.0. The van der Waals surface area contributed by atoms with Gasteiger partial charge < -0.3 is 13.1 Å². The summed E-state index contributed by atoms with van der Waals surface area (Å²) in [7, 11) is 0. The number of hydrogen-bond acceptors (Lipinski definition) is 2.